The van der Waals surface area contributed by atoms with Crippen LogP contribution in [0.2, 0.25) is 0 Å². The van der Waals surface area contributed by atoms with Crippen molar-refractivity contribution in [1.29, 1.82) is 0 Å². The largest absolute Gasteiger partial charge is 0.507 e. The summed E-state index contributed by atoms with van der Waals surface area (Å²) in [5.41, 5.74) is 2.68. The summed E-state index contributed by atoms with van der Waals surface area (Å²) in [6, 6.07) is 8.89. The van der Waals surface area contributed by atoms with Gasteiger partial charge in [-0.1, -0.05) is 0 Å². The molecule has 7 N–H and O–H groups in total. The molecular formula is C27H26N2O10. The summed E-state index contributed by atoms with van der Waals surface area (Å²) >= 11 is 0. The van der Waals surface area contributed by atoms with E-state index in [1.807, 2.05) is 0 Å². The number of hydrogen-bond acceptors (Lipinski definition) is 10. The van der Waals surface area contributed by atoms with E-state index in [-0.39, 0.29) is 41.8 Å². The molecule has 12 nitrogen and oxygen atoms in total. The number of phenols is 1. The molecule has 39 heavy (non-hydrogen) atoms. The van der Waals surface area contributed by atoms with E-state index in [2.05, 4.69) is 5.32 Å². The number of methoxy groups -OCH3 is 1. The van der Waals surface area contributed by atoms with Gasteiger partial charge in [0, 0.05) is 17.2 Å². The molecule has 0 spiro atoms. The third-order valence-corrected chi connectivity index (χ3v) is 7.77. The first-order valence-corrected chi connectivity index (χ1v) is 12.2. The fourth-order valence-electron chi connectivity index (χ4n) is 5.93. The summed E-state index contributed by atoms with van der Waals surface area (Å²) in [4.78, 5) is 51.0. The SMILES string of the molecule is COc1ccc(OC(=O)Nc2ccc(O)c3c2C[C@H]2C[C@H]4CC(O)C(C(N)=O)C(=O)[C@@]4(O)C(=O)C2=C3O)cc1. The molecule has 2 saturated carbocycles. The van der Waals surface area contributed by atoms with Crippen LogP contribution in [0.4, 0.5) is 10.5 Å². The van der Waals surface area contributed by atoms with Gasteiger partial charge in [0.1, 0.15) is 28.9 Å². The maximum atomic E-state index is 13.5. The number of phenolic OH excluding ortho intramolecular Hbond substituents is 1. The number of ketones is 2. The molecule has 3 aliphatic carbocycles. The second kappa shape index (κ2) is 9.40. The van der Waals surface area contributed by atoms with Crippen LogP contribution in [-0.2, 0) is 20.8 Å². The Morgan fingerprint density at radius 2 is 1.72 bits per heavy atom. The van der Waals surface area contributed by atoms with Crippen molar-refractivity contribution >= 4 is 35.0 Å². The number of fused-ring (bicyclic) bond motifs is 3. The van der Waals surface area contributed by atoms with Crippen molar-refractivity contribution in [3.8, 4) is 17.2 Å². The van der Waals surface area contributed by atoms with Crippen LogP contribution in [0.1, 0.15) is 24.0 Å². The number of hydrogen-bond donors (Lipinski definition) is 6. The highest BCUT2D eigenvalue weighted by atomic mass is 16.6. The number of rotatable bonds is 4. The van der Waals surface area contributed by atoms with Crippen LogP contribution in [0.5, 0.6) is 17.2 Å². The molecule has 2 unspecified atom stereocenters. The molecule has 3 aliphatic rings. The van der Waals surface area contributed by atoms with Crippen molar-refractivity contribution in [2.24, 2.45) is 23.5 Å². The molecule has 2 aromatic carbocycles. The molecule has 5 atom stereocenters. The lowest BCUT2D eigenvalue weighted by Gasteiger charge is -2.48. The van der Waals surface area contributed by atoms with E-state index in [0.717, 1.165) is 0 Å². The van der Waals surface area contributed by atoms with Crippen LogP contribution < -0.4 is 20.5 Å². The summed E-state index contributed by atoms with van der Waals surface area (Å²) < 4.78 is 10.4. The molecule has 0 aromatic heterocycles. The van der Waals surface area contributed by atoms with Crippen molar-refractivity contribution in [3.63, 3.8) is 0 Å². The third-order valence-electron chi connectivity index (χ3n) is 7.77. The topological polar surface area (TPSA) is 206 Å². The first-order chi connectivity index (χ1) is 18.5. The Bertz CT molecular complexity index is 1430. The van der Waals surface area contributed by atoms with Gasteiger partial charge in [-0.25, -0.2) is 4.79 Å². The van der Waals surface area contributed by atoms with Gasteiger partial charge in [-0.2, -0.15) is 0 Å². The lowest BCUT2D eigenvalue weighted by atomic mass is 9.56. The standard InChI is InChI=1S/C27H26N2O10/c1-38-13-2-4-14(5-3-13)39-26(36)29-16-6-7-17(30)20-15(16)9-11-8-12-10-18(31)21(25(28)35)24(34)27(12,37)23(33)19(11)22(20)32/h2-7,11-12,18,21,30-32,37H,8-10H2,1H3,(H2,28,35)(H,29,36)/t11-,12+,18?,21?,27+/m1/s1. The molecule has 0 saturated heterocycles. The molecule has 2 aromatic rings. The molecule has 0 aliphatic heterocycles. The Morgan fingerprint density at radius 3 is 2.36 bits per heavy atom. The number of carbonyl (C=O) groups is 4. The summed E-state index contributed by atoms with van der Waals surface area (Å²) in [6.07, 6.45) is -2.52. The predicted molar refractivity (Wildman–Crippen MR) is 134 cm³/mol. The van der Waals surface area contributed by atoms with Crippen molar-refractivity contribution in [2.45, 2.75) is 31.0 Å². The van der Waals surface area contributed by atoms with E-state index in [0.29, 0.717) is 11.3 Å². The van der Waals surface area contributed by atoms with Gasteiger partial charge in [0.05, 0.1) is 18.8 Å². The number of ether oxygens (including phenoxy) is 2. The van der Waals surface area contributed by atoms with Gasteiger partial charge in [0.2, 0.25) is 11.7 Å². The second-order valence-electron chi connectivity index (χ2n) is 9.91. The number of nitrogens with two attached hydrogens (primary N) is 1. The number of Topliss-reactive ketones (excluding diaryl/α,β-unsaturated/α-hetero) is 2. The summed E-state index contributed by atoms with van der Waals surface area (Å²) in [6.45, 7) is 0. The molecule has 204 valence electrons. The van der Waals surface area contributed by atoms with Crippen LogP contribution in [0.3, 0.4) is 0 Å². The van der Waals surface area contributed by atoms with Crippen molar-refractivity contribution in [3.05, 3.63) is 53.1 Å². The average Bonchev–Trinajstić information content (AvgIpc) is 2.88. The Morgan fingerprint density at radius 1 is 1.05 bits per heavy atom. The number of benzene rings is 2. The van der Waals surface area contributed by atoms with E-state index in [9.17, 15) is 39.6 Å². The smallest absolute Gasteiger partial charge is 0.417 e. The number of anilines is 1. The first-order valence-electron chi connectivity index (χ1n) is 12.2. The van der Waals surface area contributed by atoms with Gasteiger partial charge in [-0.05, 0) is 67.1 Å². The Hall–Kier alpha value is -4.42. The zero-order chi connectivity index (χ0) is 28.2. The minimum absolute atomic E-state index is 0.000740. The van der Waals surface area contributed by atoms with Crippen molar-refractivity contribution < 1.29 is 49.1 Å². The van der Waals surface area contributed by atoms with Gasteiger partial charge < -0.3 is 35.6 Å². The summed E-state index contributed by atoms with van der Waals surface area (Å²) in [7, 11) is 1.50. The highest BCUT2D eigenvalue weighted by Gasteiger charge is 2.64. The summed E-state index contributed by atoms with van der Waals surface area (Å²) in [5.74, 6) is -7.27. The highest BCUT2D eigenvalue weighted by molar-refractivity contribution is 6.24. The van der Waals surface area contributed by atoms with E-state index in [4.69, 9.17) is 15.2 Å². The van der Waals surface area contributed by atoms with Crippen LogP contribution in [0.15, 0.2) is 42.0 Å². The number of aliphatic hydroxyl groups excluding tert-OH is 2. The maximum Gasteiger partial charge on any atom is 0.417 e. The minimum Gasteiger partial charge on any atom is -0.507 e. The first kappa shape index (κ1) is 26.2. The average molecular weight is 539 g/mol. The molecule has 0 radical (unpaired) electrons. The van der Waals surface area contributed by atoms with Gasteiger partial charge in [0.25, 0.3) is 0 Å². The second-order valence-corrected chi connectivity index (χ2v) is 9.91. The molecule has 5 rings (SSSR count). The molecule has 2 amide bonds. The number of primary amides is 1. The molecular weight excluding hydrogens is 512 g/mol. The lowest BCUT2D eigenvalue weighted by molar-refractivity contribution is -0.174. The third kappa shape index (κ3) is 4.08. The highest BCUT2D eigenvalue weighted by Crippen LogP contribution is 2.52. The van der Waals surface area contributed by atoms with Crippen LogP contribution in [0.25, 0.3) is 5.76 Å². The van der Waals surface area contributed by atoms with Gasteiger partial charge in [-0.3, -0.25) is 19.7 Å². The normalized spacial score (nSPS) is 27.7. The summed E-state index contributed by atoms with van der Waals surface area (Å²) in [5, 5.41) is 45.9. The van der Waals surface area contributed by atoms with Gasteiger partial charge in [0.15, 0.2) is 11.4 Å². The van der Waals surface area contributed by atoms with Crippen LogP contribution >= 0.6 is 0 Å². The Labute approximate surface area is 221 Å². The van der Waals surface area contributed by atoms with E-state index in [1.54, 1.807) is 12.1 Å². The number of amides is 2. The molecule has 0 bridgehead atoms. The van der Waals surface area contributed by atoms with Gasteiger partial charge >= 0.3 is 6.09 Å². The van der Waals surface area contributed by atoms with Crippen molar-refractivity contribution in [1.82, 2.24) is 0 Å². The zero-order valence-corrected chi connectivity index (χ0v) is 20.7. The minimum atomic E-state index is -2.66. The van der Waals surface area contributed by atoms with E-state index in [1.165, 1.54) is 31.4 Å². The number of nitrogens with one attached hydrogen (secondary N) is 1. The lowest BCUT2D eigenvalue weighted by Crippen LogP contribution is -2.66. The number of aromatic hydroxyl groups is 1. The fraction of sp³-hybridized carbons (Fsp3) is 0.333. The van der Waals surface area contributed by atoms with Gasteiger partial charge in [-0.15, -0.1) is 0 Å². The van der Waals surface area contributed by atoms with Crippen LogP contribution in [-0.4, -0.2) is 62.8 Å². The molecule has 0 heterocycles. The zero-order valence-electron chi connectivity index (χ0n) is 20.7. The predicted octanol–water partition coefficient (Wildman–Crippen LogP) is 1.21. The molecule has 2 fully saturated rings. The van der Waals surface area contributed by atoms with Crippen LogP contribution in [0, 0.1) is 17.8 Å². The fourth-order valence-corrected chi connectivity index (χ4v) is 5.93. The molecule has 12 heteroatoms. The quantitative estimate of drug-likeness (QED) is 0.242. The Kier molecular flexibility index (Phi) is 6.31. The maximum absolute atomic E-state index is 13.5. The number of aliphatic hydroxyl groups is 3. The monoisotopic (exact) mass is 538 g/mol. The Balaban J connectivity index is 1.49. The van der Waals surface area contributed by atoms with Crippen molar-refractivity contribution in [2.75, 3.05) is 12.4 Å². The van der Waals surface area contributed by atoms with E-state index < -0.39 is 64.5 Å². The number of carbonyl (C=O) groups excluding carboxylic acids is 4. The van der Waals surface area contributed by atoms with E-state index >= 15 is 0 Å².